The van der Waals surface area contributed by atoms with Crippen LogP contribution in [0.1, 0.15) is 47.8 Å². The second-order valence-electron chi connectivity index (χ2n) is 10.6. The summed E-state index contributed by atoms with van der Waals surface area (Å²) >= 11 is 0. The van der Waals surface area contributed by atoms with Crippen molar-refractivity contribution in [2.75, 3.05) is 19.6 Å². The van der Waals surface area contributed by atoms with Gasteiger partial charge >= 0.3 is 0 Å². The maximum absolute atomic E-state index is 15.2. The van der Waals surface area contributed by atoms with E-state index in [4.69, 9.17) is 0 Å². The zero-order valence-electron chi connectivity index (χ0n) is 23.6. The summed E-state index contributed by atoms with van der Waals surface area (Å²) in [7, 11) is 0. The van der Waals surface area contributed by atoms with Crippen LogP contribution in [0, 0.1) is 12.9 Å². The molecule has 0 saturated carbocycles. The van der Waals surface area contributed by atoms with Gasteiger partial charge in [0.1, 0.15) is 17.7 Å². The number of pyridine rings is 1. The van der Waals surface area contributed by atoms with E-state index in [0.29, 0.717) is 18.5 Å². The number of amides is 4. The second-order valence-corrected chi connectivity index (χ2v) is 10.6. The zero-order valence-corrected chi connectivity index (χ0v) is 23.6. The highest BCUT2D eigenvalue weighted by Crippen LogP contribution is 2.20. The van der Waals surface area contributed by atoms with E-state index in [0.717, 1.165) is 22.0 Å². The van der Waals surface area contributed by atoms with Crippen molar-refractivity contribution in [1.29, 1.82) is 0 Å². The van der Waals surface area contributed by atoms with Crippen molar-refractivity contribution in [3.05, 3.63) is 71.6 Å². The van der Waals surface area contributed by atoms with E-state index in [-0.39, 0.29) is 50.0 Å². The third-order valence-electron chi connectivity index (χ3n) is 7.44. The van der Waals surface area contributed by atoms with Gasteiger partial charge in [0.15, 0.2) is 5.69 Å². The molecule has 1 aliphatic heterocycles. The molecule has 4 N–H and O–H groups in total. The molecule has 2 atom stereocenters. The Morgan fingerprint density at radius 2 is 1.83 bits per heavy atom. The number of nitrogens with zero attached hydrogens (tertiary/aromatic N) is 3. The predicted molar refractivity (Wildman–Crippen MR) is 154 cm³/mol. The van der Waals surface area contributed by atoms with Crippen LogP contribution in [0.2, 0.25) is 0 Å². The van der Waals surface area contributed by atoms with Crippen LogP contribution < -0.4 is 16.0 Å². The van der Waals surface area contributed by atoms with Gasteiger partial charge in [-0.25, -0.2) is 4.98 Å². The number of aromatic amines is 1. The third-order valence-corrected chi connectivity index (χ3v) is 7.44. The lowest BCUT2D eigenvalue weighted by Gasteiger charge is -2.22. The van der Waals surface area contributed by atoms with Gasteiger partial charge in [0.25, 0.3) is 5.91 Å². The van der Waals surface area contributed by atoms with E-state index in [9.17, 15) is 19.2 Å². The molecular weight excluding hydrogens is 541 g/mol. The summed E-state index contributed by atoms with van der Waals surface area (Å²) in [5.41, 5.74) is 2.62. The molecule has 1 aromatic carbocycles. The highest BCUT2D eigenvalue weighted by Gasteiger charge is 2.27. The molecule has 1 fully saturated rings. The third kappa shape index (κ3) is 6.27. The maximum Gasteiger partial charge on any atom is 0.277 e. The molecule has 0 bridgehead atoms. The number of rotatable bonds is 3. The first-order valence-electron chi connectivity index (χ1n) is 14.1. The Morgan fingerprint density at radius 1 is 1.05 bits per heavy atom. The van der Waals surface area contributed by atoms with Crippen molar-refractivity contribution in [1.82, 2.24) is 35.2 Å². The number of aryl methyl sites for hydroxylation is 1. The fourth-order valence-corrected chi connectivity index (χ4v) is 5.16. The fraction of sp³-hybridized carbons (Fsp3) is 0.367. The van der Waals surface area contributed by atoms with Gasteiger partial charge in [0.2, 0.25) is 23.7 Å². The Kier molecular flexibility index (Phi) is 8.51. The van der Waals surface area contributed by atoms with Crippen LogP contribution in [0.25, 0.3) is 16.6 Å². The van der Waals surface area contributed by atoms with Crippen LogP contribution in [-0.2, 0) is 20.8 Å². The van der Waals surface area contributed by atoms with E-state index >= 15 is 4.39 Å². The van der Waals surface area contributed by atoms with E-state index in [1.165, 1.54) is 9.30 Å². The molecule has 1 aliphatic rings. The molecule has 0 radical (unpaired) electrons. The summed E-state index contributed by atoms with van der Waals surface area (Å²) in [4.78, 5) is 61.1. The van der Waals surface area contributed by atoms with E-state index in [1.807, 2.05) is 37.4 Å². The van der Waals surface area contributed by atoms with Crippen molar-refractivity contribution >= 4 is 40.2 Å². The molecule has 3 aromatic heterocycles. The summed E-state index contributed by atoms with van der Waals surface area (Å²) in [5.74, 6) is -2.58. The average Bonchev–Trinajstić information content (AvgIpc) is 3.53. The first-order valence-corrected chi connectivity index (χ1v) is 14.1. The molecule has 0 spiro atoms. The number of aromatic nitrogens is 3. The average molecular weight is 576 g/mol. The van der Waals surface area contributed by atoms with Crippen LogP contribution in [0.4, 0.5) is 4.39 Å². The minimum atomic E-state index is -0.894. The van der Waals surface area contributed by atoms with Crippen molar-refractivity contribution in [3.8, 4) is 0 Å². The quantitative estimate of drug-likeness (QED) is 0.297. The Morgan fingerprint density at radius 3 is 2.67 bits per heavy atom. The maximum atomic E-state index is 15.2. The van der Waals surface area contributed by atoms with Gasteiger partial charge in [-0.05, 0) is 49.9 Å². The van der Waals surface area contributed by atoms with E-state index in [2.05, 4.69) is 25.9 Å². The number of halogens is 1. The Hall–Kier alpha value is -4.74. The second kappa shape index (κ2) is 12.4. The molecule has 12 heteroatoms. The Bertz CT molecular complexity index is 1650. The number of fused-ring (bicyclic) bond motifs is 2. The zero-order chi connectivity index (χ0) is 29.8. The Labute approximate surface area is 241 Å². The molecule has 42 heavy (non-hydrogen) atoms. The number of carbonyl (C=O) groups is 4. The van der Waals surface area contributed by atoms with Crippen molar-refractivity contribution in [2.45, 2.75) is 51.6 Å². The van der Waals surface area contributed by atoms with Crippen LogP contribution >= 0.6 is 0 Å². The number of hydrogen-bond acceptors (Lipinski definition) is 5. The van der Waals surface area contributed by atoms with Gasteiger partial charge < -0.3 is 25.8 Å². The lowest BCUT2D eigenvalue weighted by Crippen LogP contribution is -2.53. The monoisotopic (exact) mass is 575 g/mol. The topological polar surface area (TPSA) is 141 Å². The van der Waals surface area contributed by atoms with Gasteiger partial charge in [-0.15, -0.1) is 0 Å². The van der Waals surface area contributed by atoms with E-state index in [1.54, 1.807) is 25.3 Å². The van der Waals surface area contributed by atoms with Gasteiger partial charge in [0.05, 0.1) is 0 Å². The molecule has 11 nitrogen and oxygen atoms in total. The standard InChI is InChI=1S/C30H34FN7O4/c1-18-10-11-24-36-26(27(31)38(24)17-18)30(42)37-13-5-9-25(39)34-19(2)28(40)35-23(29(41)32-12-6-14-37)15-20-16-33-22-8-4-3-7-21(20)22/h3-4,7-8,10-11,16-17,19,23,33H,5-6,9,12-15H2,1-2H3,(H,32,41)(H,34,39)(H,35,40)/t19-,23+/m0/s1. The van der Waals surface area contributed by atoms with Crippen LogP contribution in [0.3, 0.4) is 0 Å². The van der Waals surface area contributed by atoms with E-state index < -0.39 is 29.8 Å². The fourth-order valence-electron chi connectivity index (χ4n) is 5.16. The molecule has 4 heterocycles. The summed E-state index contributed by atoms with van der Waals surface area (Å²) in [6, 6.07) is 9.33. The van der Waals surface area contributed by atoms with Gasteiger partial charge in [0, 0.05) is 55.8 Å². The highest BCUT2D eigenvalue weighted by molar-refractivity contribution is 5.94. The summed E-state index contributed by atoms with van der Waals surface area (Å²) in [6.07, 6.45) is 4.36. The number of hydrogen-bond donors (Lipinski definition) is 4. The molecule has 0 unspecified atom stereocenters. The number of para-hydroxylation sites is 1. The minimum Gasteiger partial charge on any atom is -0.361 e. The summed E-state index contributed by atoms with van der Waals surface area (Å²) in [6.45, 7) is 3.98. The first-order chi connectivity index (χ1) is 20.2. The minimum absolute atomic E-state index is 0.0597. The first kappa shape index (κ1) is 28.8. The molecule has 4 amide bonds. The van der Waals surface area contributed by atoms with Crippen LogP contribution in [0.15, 0.2) is 48.8 Å². The largest absolute Gasteiger partial charge is 0.361 e. The lowest BCUT2D eigenvalue weighted by molar-refractivity contribution is -0.131. The smallest absolute Gasteiger partial charge is 0.277 e. The van der Waals surface area contributed by atoms with Gasteiger partial charge in [-0.2, -0.15) is 4.39 Å². The van der Waals surface area contributed by atoms with Gasteiger partial charge in [-0.3, -0.25) is 23.6 Å². The highest BCUT2D eigenvalue weighted by atomic mass is 19.1. The SMILES string of the molecule is Cc1ccc2nc(C(=O)N3CCCNC(=O)[C@@H](Cc4c[nH]c5ccccc45)NC(=O)[C@H](C)NC(=O)CCC3)c(F)n2c1. The predicted octanol–water partition coefficient (Wildman–Crippen LogP) is 2.24. The molecule has 4 aromatic rings. The van der Waals surface area contributed by atoms with Crippen LogP contribution in [-0.4, -0.2) is 74.6 Å². The van der Waals surface area contributed by atoms with Crippen molar-refractivity contribution in [2.24, 2.45) is 0 Å². The van der Waals surface area contributed by atoms with Crippen molar-refractivity contribution < 1.29 is 23.6 Å². The molecular formula is C30H34FN7O4. The summed E-state index contributed by atoms with van der Waals surface area (Å²) < 4.78 is 16.4. The molecule has 0 aliphatic carbocycles. The number of benzene rings is 1. The van der Waals surface area contributed by atoms with Gasteiger partial charge in [-0.1, -0.05) is 24.3 Å². The Balaban J connectivity index is 1.34. The van der Waals surface area contributed by atoms with Crippen LogP contribution in [0.5, 0.6) is 0 Å². The number of H-pyrrole nitrogens is 1. The van der Waals surface area contributed by atoms with Crippen molar-refractivity contribution in [3.63, 3.8) is 0 Å². The number of imidazole rings is 1. The number of carbonyl (C=O) groups excluding carboxylic acids is 4. The lowest BCUT2D eigenvalue weighted by atomic mass is 10.0. The molecule has 220 valence electrons. The number of nitrogens with one attached hydrogen (secondary N) is 4. The molecule has 5 rings (SSSR count). The molecule has 1 saturated heterocycles. The summed E-state index contributed by atoms with van der Waals surface area (Å²) in [5, 5.41) is 9.25. The normalized spacial score (nSPS) is 19.6.